The Hall–Kier alpha value is -4.32. The first kappa shape index (κ1) is 51.7. The van der Waals surface area contributed by atoms with Crippen LogP contribution in [0.5, 0.6) is 0 Å². The molecule has 0 heterocycles. The Morgan fingerprint density at radius 1 is 0.552 bits per heavy atom. The summed E-state index contributed by atoms with van der Waals surface area (Å²) in [6.45, 7) is 66.8. The molecule has 1 aliphatic carbocycles. The Bertz CT molecular complexity index is 1980. The second-order valence-electron chi connectivity index (χ2n) is 19.7. The molecule has 0 aromatic rings. The lowest BCUT2D eigenvalue weighted by molar-refractivity contribution is 0.134. The van der Waals surface area contributed by atoms with E-state index in [2.05, 4.69) is 174 Å². The highest BCUT2D eigenvalue weighted by molar-refractivity contribution is 5.39. The molecule has 0 aromatic carbocycles. The molecule has 1 fully saturated rings. The highest BCUT2D eigenvalue weighted by atomic mass is 14.5. The van der Waals surface area contributed by atoms with E-state index < -0.39 is 0 Å². The zero-order valence-electron chi connectivity index (χ0n) is 39.5. The van der Waals surface area contributed by atoms with Crippen molar-refractivity contribution in [1.29, 1.82) is 0 Å². The van der Waals surface area contributed by atoms with Gasteiger partial charge in [0.1, 0.15) is 0 Å². The summed E-state index contributed by atoms with van der Waals surface area (Å²) in [6, 6.07) is 0. The van der Waals surface area contributed by atoms with Crippen molar-refractivity contribution in [1.82, 2.24) is 0 Å². The van der Waals surface area contributed by atoms with Crippen molar-refractivity contribution < 1.29 is 0 Å². The van der Waals surface area contributed by atoms with Gasteiger partial charge in [-0.3, -0.25) is 0 Å². The van der Waals surface area contributed by atoms with Crippen LogP contribution in [-0.4, -0.2) is 0 Å². The van der Waals surface area contributed by atoms with Crippen LogP contribution in [0.25, 0.3) is 0 Å². The number of hydrogen-bond acceptors (Lipinski definition) is 0. The highest BCUT2D eigenvalue weighted by Crippen LogP contribution is 2.53. The lowest BCUT2D eigenvalue weighted by Crippen LogP contribution is -2.36. The SMILES string of the molecule is C=C=C=C1CC(C)(C)CC(=C=C=C)C(=C)C(CC(C)=C=C)C(C)(C)C(CC(=C=C)CC)C(=C)C(=C=C=C)CC(C)(C)CCCC(C)C(C)(C)C(CC(=C=C)CC)C1=C. The third-order valence-electron chi connectivity index (χ3n) is 13.6. The van der Waals surface area contributed by atoms with Crippen LogP contribution >= 0.6 is 0 Å². The van der Waals surface area contributed by atoms with E-state index >= 15 is 0 Å². The predicted octanol–water partition coefficient (Wildman–Crippen LogP) is 17.3. The number of hydrogen-bond donors (Lipinski definition) is 0. The normalized spacial score (nSPS) is 23.8. The van der Waals surface area contributed by atoms with E-state index in [4.69, 9.17) is 19.7 Å². The molecule has 0 radical (unpaired) electrons. The molecule has 0 heteroatoms. The summed E-state index contributed by atoms with van der Waals surface area (Å²) in [5.41, 5.74) is 38.4. The molecule has 58 heavy (non-hydrogen) atoms. The molecule has 0 nitrogen and oxygen atoms in total. The molecular formula is C58H80. The zero-order chi connectivity index (χ0) is 44.6. The van der Waals surface area contributed by atoms with Gasteiger partial charge in [-0.25, -0.2) is 0 Å². The van der Waals surface area contributed by atoms with Crippen molar-refractivity contribution in [2.24, 2.45) is 45.3 Å². The lowest BCUT2D eigenvalue weighted by atomic mass is 9.58. The van der Waals surface area contributed by atoms with E-state index in [1.807, 2.05) is 0 Å². The van der Waals surface area contributed by atoms with E-state index in [9.17, 15) is 0 Å². The van der Waals surface area contributed by atoms with Gasteiger partial charge in [-0.05, 0) is 163 Å². The average molecular weight is 777 g/mol. The van der Waals surface area contributed by atoms with Crippen LogP contribution in [0.3, 0.4) is 0 Å². The summed E-state index contributed by atoms with van der Waals surface area (Å²) in [5, 5.41) is 0. The van der Waals surface area contributed by atoms with Crippen LogP contribution in [0.4, 0.5) is 0 Å². The van der Waals surface area contributed by atoms with E-state index in [1.165, 1.54) is 11.1 Å². The van der Waals surface area contributed by atoms with E-state index in [-0.39, 0.29) is 39.4 Å². The topological polar surface area (TPSA) is 0 Å². The second-order valence-corrected chi connectivity index (χ2v) is 19.7. The molecule has 1 aliphatic rings. The predicted molar refractivity (Wildman–Crippen MR) is 256 cm³/mol. The van der Waals surface area contributed by atoms with Crippen molar-refractivity contribution in [3.05, 3.63) is 161 Å². The van der Waals surface area contributed by atoms with Crippen molar-refractivity contribution in [3.8, 4) is 0 Å². The first-order chi connectivity index (χ1) is 27.0. The highest BCUT2D eigenvalue weighted by Gasteiger charge is 2.43. The number of rotatable bonds is 8. The first-order valence-corrected chi connectivity index (χ1v) is 21.6. The third-order valence-corrected chi connectivity index (χ3v) is 13.6. The minimum Gasteiger partial charge on any atom is -0.130 e. The van der Waals surface area contributed by atoms with Crippen LogP contribution in [0, 0.1) is 45.3 Å². The quantitative estimate of drug-likeness (QED) is 0.215. The standard InChI is InChI=1S/C58H80/c1-22-31-49-39-55(14,15)35-30-34-43(10)57(18,19)53(37-47(26-5)27-6)45(12)51(33-24-3)41-56(16,17)40-50(32-23-2)44(11)52(36-42(9)25-4)58(20,21)54(46(49)13)38-48(28-7)29-8/h43,52-54H,1-5,7,11-13,27,29-30,34-41H2,6,8-10,14-21H3. The van der Waals surface area contributed by atoms with Crippen molar-refractivity contribution in [2.45, 2.75) is 154 Å². The minimum absolute atomic E-state index is 0.0145. The van der Waals surface area contributed by atoms with Gasteiger partial charge in [0.25, 0.3) is 0 Å². The molecule has 0 saturated heterocycles. The Morgan fingerprint density at radius 2 is 0.914 bits per heavy atom. The van der Waals surface area contributed by atoms with Gasteiger partial charge in [-0.1, -0.05) is 163 Å². The maximum absolute atomic E-state index is 4.90. The molecule has 4 atom stereocenters. The third kappa shape index (κ3) is 14.2. The van der Waals surface area contributed by atoms with Gasteiger partial charge in [0, 0.05) is 16.7 Å². The van der Waals surface area contributed by atoms with Gasteiger partial charge in [-0.2, -0.15) is 0 Å². The van der Waals surface area contributed by atoms with Gasteiger partial charge in [-0.15, -0.1) is 17.2 Å². The van der Waals surface area contributed by atoms with Crippen LogP contribution < -0.4 is 0 Å². The average Bonchev–Trinajstić information content (AvgIpc) is 3.15. The molecule has 4 unspecified atom stereocenters. The smallest absolute Gasteiger partial charge is 0.00583 e. The van der Waals surface area contributed by atoms with Gasteiger partial charge in [0.15, 0.2) is 0 Å². The molecule has 0 aromatic heterocycles. The Balaban J connectivity index is 4.40. The zero-order valence-corrected chi connectivity index (χ0v) is 39.5. The van der Waals surface area contributed by atoms with Crippen LogP contribution in [-0.2, 0) is 0 Å². The molecule has 1 rings (SSSR count). The molecule has 0 aliphatic heterocycles. The van der Waals surface area contributed by atoms with Crippen molar-refractivity contribution in [2.75, 3.05) is 0 Å². The summed E-state index contributed by atoms with van der Waals surface area (Å²) in [5.74, 6) is 0.566. The second kappa shape index (κ2) is 22.7. The summed E-state index contributed by atoms with van der Waals surface area (Å²) in [7, 11) is 0. The van der Waals surface area contributed by atoms with E-state index in [0.29, 0.717) is 12.3 Å². The fourth-order valence-electron chi connectivity index (χ4n) is 9.16. The molecule has 0 bridgehead atoms. The fourth-order valence-corrected chi connectivity index (χ4v) is 9.16. The summed E-state index contributed by atoms with van der Waals surface area (Å²) in [4.78, 5) is 0. The van der Waals surface area contributed by atoms with Crippen LogP contribution in [0.1, 0.15) is 154 Å². The van der Waals surface area contributed by atoms with E-state index in [0.717, 1.165) is 103 Å². The molecule has 0 amide bonds. The largest absolute Gasteiger partial charge is 0.130 e. The Kier molecular flexibility index (Phi) is 20.3. The monoisotopic (exact) mass is 777 g/mol. The summed E-state index contributed by atoms with van der Waals surface area (Å²) in [6.07, 6.45) is 9.62. The van der Waals surface area contributed by atoms with Crippen LogP contribution in [0.15, 0.2) is 161 Å². The molecule has 1 saturated carbocycles. The maximum atomic E-state index is 4.90. The van der Waals surface area contributed by atoms with E-state index in [1.54, 1.807) is 0 Å². The van der Waals surface area contributed by atoms with Gasteiger partial charge in [0.05, 0.1) is 0 Å². The molecule has 0 spiro atoms. The molecule has 312 valence electrons. The van der Waals surface area contributed by atoms with Crippen molar-refractivity contribution >= 4 is 0 Å². The lowest BCUT2D eigenvalue weighted by Gasteiger charge is -2.45. The molecular weight excluding hydrogens is 697 g/mol. The minimum atomic E-state index is -0.352. The van der Waals surface area contributed by atoms with Crippen LogP contribution in [0.2, 0.25) is 0 Å². The maximum Gasteiger partial charge on any atom is 0.00583 e. The summed E-state index contributed by atoms with van der Waals surface area (Å²) >= 11 is 0. The Morgan fingerprint density at radius 3 is 1.26 bits per heavy atom. The molecule has 0 N–H and O–H groups in total. The summed E-state index contributed by atoms with van der Waals surface area (Å²) < 4.78 is 0. The fraction of sp³-hybridized carbons (Fsp3) is 0.534. The van der Waals surface area contributed by atoms with Crippen molar-refractivity contribution in [3.63, 3.8) is 0 Å². The number of allylic oxidation sites excluding steroid dienone is 9. The van der Waals surface area contributed by atoms with Gasteiger partial charge in [0.2, 0.25) is 0 Å². The van der Waals surface area contributed by atoms with Gasteiger partial charge >= 0.3 is 0 Å². The van der Waals surface area contributed by atoms with Gasteiger partial charge < -0.3 is 0 Å². The Labute approximate surface area is 358 Å². The first-order valence-electron chi connectivity index (χ1n) is 21.6.